The summed E-state index contributed by atoms with van der Waals surface area (Å²) in [7, 11) is 0. The highest BCUT2D eigenvalue weighted by atomic mass is 15.2. The lowest BCUT2D eigenvalue weighted by Crippen LogP contribution is -2.27. The molecule has 0 atom stereocenters. The molecule has 0 unspecified atom stereocenters. The Labute approximate surface area is 177 Å². The fourth-order valence-corrected chi connectivity index (χ4v) is 4.17. The zero-order valence-electron chi connectivity index (χ0n) is 16.9. The highest BCUT2D eigenvalue weighted by molar-refractivity contribution is 6.27. The zero-order valence-corrected chi connectivity index (χ0v) is 16.9. The number of unbranched alkanes of at least 4 members (excludes halogenated alkanes) is 1. The standard InChI is InChI=1S/C26H24N4/c1(7-20-8-5-14-27-17-20)2-16-29-26-23-12-3-10-22-11-4-13-24(25(22)23)30(26)19-21-9-6-15-28-18-21/h3-6,8-15,17-18H,1-2,7,16,19H2/b29-26-. The van der Waals surface area contributed by atoms with E-state index in [9.17, 15) is 0 Å². The number of anilines is 1. The molecule has 30 heavy (non-hydrogen) atoms. The van der Waals surface area contributed by atoms with Crippen molar-refractivity contribution >= 4 is 22.3 Å². The number of amidine groups is 1. The molecule has 4 heteroatoms. The van der Waals surface area contributed by atoms with Crippen LogP contribution < -0.4 is 4.90 Å². The zero-order chi connectivity index (χ0) is 20.2. The maximum absolute atomic E-state index is 5.08. The molecular formula is C26H24N4. The first kappa shape index (κ1) is 18.5. The van der Waals surface area contributed by atoms with Crippen molar-refractivity contribution in [2.45, 2.75) is 25.8 Å². The molecule has 2 aromatic carbocycles. The van der Waals surface area contributed by atoms with Gasteiger partial charge in [0.05, 0.1) is 12.2 Å². The lowest BCUT2D eigenvalue weighted by molar-refractivity contribution is 0.742. The van der Waals surface area contributed by atoms with Crippen molar-refractivity contribution < 1.29 is 0 Å². The predicted molar refractivity (Wildman–Crippen MR) is 123 cm³/mol. The average Bonchev–Trinajstić information content (AvgIpc) is 3.10. The van der Waals surface area contributed by atoms with E-state index in [1.54, 1.807) is 0 Å². The Hall–Kier alpha value is -3.53. The fraction of sp³-hybridized carbons (Fsp3) is 0.192. The van der Waals surface area contributed by atoms with E-state index in [-0.39, 0.29) is 0 Å². The van der Waals surface area contributed by atoms with Gasteiger partial charge in [0.15, 0.2) is 0 Å². The summed E-state index contributed by atoms with van der Waals surface area (Å²) in [5.41, 5.74) is 4.95. The molecule has 0 bridgehead atoms. The molecule has 3 heterocycles. The Morgan fingerprint density at radius 1 is 0.767 bits per heavy atom. The molecule has 4 nitrogen and oxygen atoms in total. The van der Waals surface area contributed by atoms with Crippen molar-refractivity contribution in [2.24, 2.45) is 4.99 Å². The van der Waals surface area contributed by atoms with Gasteiger partial charge in [-0.15, -0.1) is 0 Å². The van der Waals surface area contributed by atoms with E-state index >= 15 is 0 Å². The normalized spacial score (nSPS) is 14.0. The molecule has 4 aromatic rings. The molecule has 0 saturated heterocycles. The predicted octanol–water partition coefficient (Wildman–Crippen LogP) is 5.42. The number of rotatable bonds is 7. The maximum Gasteiger partial charge on any atom is 0.136 e. The van der Waals surface area contributed by atoms with Gasteiger partial charge in [0, 0.05) is 42.3 Å². The molecule has 0 saturated carbocycles. The van der Waals surface area contributed by atoms with Crippen LogP contribution in [0.4, 0.5) is 5.69 Å². The summed E-state index contributed by atoms with van der Waals surface area (Å²) in [6.45, 7) is 1.60. The second kappa shape index (κ2) is 8.46. The number of aromatic nitrogens is 2. The summed E-state index contributed by atoms with van der Waals surface area (Å²) in [5.74, 6) is 1.08. The van der Waals surface area contributed by atoms with E-state index in [1.807, 2.05) is 36.9 Å². The van der Waals surface area contributed by atoms with E-state index in [0.29, 0.717) is 0 Å². The van der Waals surface area contributed by atoms with Gasteiger partial charge in [0.2, 0.25) is 0 Å². The number of aryl methyl sites for hydroxylation is 1. The number of nitrogens with zero attached hydrogens (tertiary/aromatic N) is 4. The first-order chi connectivity index (χ1) is 14.9. The first-order valence-electron chi connectivity index (χ1n) is 10.5. The van der Waals surface area contributed by atoms with Gasteiger partial charge in [0.1, 0.15) is 5.84 Å². The summed E-state index contributed by atoms with van der Waals surface area (Å²) >= 11 is 0. The van der Waals surface area contributed by atoms with Crippen molar-refractivity contribution in [1.29, 1.82) is 0 Å². The second-order valence-electron chi connectivity index (χ2n) is 7.65. The van der Waals surface area contributed by atoms with Gasteiger partial charge in [-0.05, 0) is 54.0 Å². The van der Waals surface area contributed by atoms with Crippen molar-refractivity contribution in [1.82, 2.24) is 9.97 Å². The van der Waals surface area contributed by atoms with Crippen molar-refractivity contribution in [2.75, 3.05) is 11.4 Å². The Morgan fingerprint density at radius 3 is 2.30 bits per heavy atom. The smallest absolute Gasteiger partial charge is 0.136 e. The van der Waals surface area contributed by atoms with Crippen LogP contribution >= 0.6 is 0 Å². The van der Waals surface area contributed by atoms with Crippen LogP contribution in [0, 0.1) is 0 Å². The van der Waals surface area contributed by atoms with Gasteiger partial charge in [0.25, 0.3) is 0 Å². The Balaban J connectivity index is 1.38. The van der Waals surface area contributed by atoms with Crippen LogP contribution in [0.5, 0.6) is 0 Å². The van der Waals surface area contributed by atoms with Gasteiger partial charge in [-0.3, -0.25) is 15.0 Å². The molecule has 0 aliphatic carbocycles. The van der Waals surface area contributed by atoms with E-state index in [1.165, 1.54) is 33.2 Å². The molecule has 1 aliphatic rings. The van der Waals surface area contributed by atoms with Crippen LogP contribution in [0.25, 0.3) is 10.8 Å². The number of aliphatic imine (C=N–C) groups is 1. The number of benzene rings is 2. The number of hydrogen-bond donors (Lipinski definition) is 0. The van der Waals surface area contributed by atoms with Gasteiger partial charge in [-0.25, -0.2) is 0 Å². The molecule has 0 amide bonds. The molecule has 0 radical (unpaired) electrons. The van der Waals surface area contributed by atoms with Crippen molar-refractivity contribution in [3.8, 4) is 0 Å². The SMILES string of the molecule is c1cncc(CCCC/N=C2/c3cccc4cccc(c34)N2Cc2cccnc2)c1. The highest BCUT2D eigenvalue weighted by Gasteiger charge is 2.27. The van der Waals surface area contributed by atoms with Crippen molar-refractivity contribution in [3.63, 3.8) is 0 Å². The van der Waals surface area contributed by atoms with Crippen LogP contribution in [0.15, 0.2) is 90.4 Å². The molecular weight excluding hydrogens is 368 g/mol. The minimum Gasteiger partial charge on any atom is -0.321 e. The first-order valence-corrected chi connectivity index (χ1v) is 10.5. The van der Waals surface area contributed by atoms with E-state index in [4.69, 9.17) is 4.99 Å². The third-order valence-electron chi connectivity index (χ3n) is 5.59. The summed E-state index contributed by atoms with van der Waals surface area (Å²) in [5, 5.41) is 2.57. The van der Waals surface area contributed by atoms with Crippen molar-refractivity contribution in [3.05, 3.63) is 102 Å². The van der Waals surface area contributed by atoms with Crippen LogP contribution in [0.2, 0.25) is 0 Å². The average molecular weight is 393 g/mol. The number of pyridine rings is 2. The van der Waals surface area contributed by atoms with E-state index in [2.05, 4.69) is 63.4 Å². The van der Waals surface area contributed by atoms with Gasteiger partial charge >= 0.3 is 0 Å². The fourth-order valence-electron chi connectivity index (χ4n) is 4.17. The highest BCUT2D eigenvalue weighted by Crippen LogP contribution is 2.38. The van der Waals surface area contributed by atoms with Crippen LogP contribution in [0.1, 0.15) is 29.5 Å². The van der Waals surface area contributed by atoms with Crippen LogP contribution in [0.3, 0.4) is 0 Å². The Kier molecular flexibility index (Phi) is 5.21. The monoisotopic (exact) mass is 392 g/mol. The molecule has 2 aromatic heterocycles. The summed E-state index contributed by atoms with van der Waals surface area (Å²) in [4.78, 5) is 15.9. The third kappa shape index (κ3) is 3.69. The van der Waals surface area contributed by atoms with E-state index < -0.39 is 0 Å². The lowest BCUT2D eigenvalue weighted by atomic mass is 10.1. The quantitative estimate of drug-likeness (QED) is 0.394. The molecule has 5 rings (SSSR count). The lowest BCUT2D eigenvalue weighted by Gasteiger charge is -2.21. The maximum atomic E-state index is 5.08. The minimum atomic E-state index is 0.774. The van der Waals surface area contributed by atoms with Crippen LogP contribution in [-0.2, 0) is 13.0 Å². The minimum absolute atomic E-state index is 0.774. The topological polar surface area (TPSA) is 41.4 Å². The number of hydrogen-bond acceptors (Lipinski definition) is 3. The largest absolute Gasteiger partial charge is 0.321 e. The molecule has 0 spiro atoms. The van der Waals surface area contributed by atoms with E-state index in [0.717, 1.165) is 38.2 Å². The molecule has 148 valence electrons. The summed E-state index contributed by atoms with van der Waals surface area (Å²) in [6.07, 6.45) is 10.8. The summed E-state index contributed by atoms with van der Waals surface area (Å²) in [6, 6.07) is 21.3. The second-order valence-corrected chi connectivity index (χ2v) is 7.65. The van der Waals surface area contributed by atoms with Gasteiger partial charge in [-0.2, -0.15) is 0 Å². The summed E-state index contributed by atoms with van der Waals surface area (Å²) < 4.78 is 0. The molecule has 0 N–H and O–H groups in total. The Bertz CT molecular complexity index is 1160. The van der Waals surface area contributed by atoms with Gasteiger partial charge in [-0.1, -0.05) is 42.5 Å². The van der Waals surface area contributed by atoms with Crippen LogP contribution in [-0.4, -0.2) is 22.3 Å². The molecule has 0 fully saturated rings. The molecule has 1 aliphatic heterocycles. The third-order valence-corrected chi connectivity index (χ3v) is 5.59. The Morgan fingerprint density at radius 2 is 1.53 bits per heavy atom. The van der Waals surface area contributed by atoms with Gasteiger partial charge < -0.3 is 4.90 Å².